The topological polar surface area (TPSA) is 34.9 Å². The number of rotatable bonds is 3. The summed E-state index contributed by atoms with van der Waals surface area (Å²) in [5.74, 6) is 0.223. The van der Waals surface area contributed by atoms with Crippen LogP contribution in [0.3, 0.4) is 0 Å². The van der Waals surface area contributed by atoms with Gasteiger partial charge in [0.1, 0.15) is 5.69 Å². The molecule has 4 heteroatoms. The molecule has 0 N–H and O–H groups in total. The maximum absolute atomic E-state index is 12.2. The Morgan fingerprint density at radius 3 is 2.67 bits per heavy atom. The van der Waals surface area contributed by atoms with Gasteiger partial charge in [-0.2, -0.15) is 5.10 Å². The molecule has 1 saturated carbocycles. The molecule has 0 amide bonds. The molecular formula is C11H15BrN2O. The number of ketones is 1. The van der Waals surface area contributed by atoms with Crippen molar-refractivity contribution in [2.75, 3.05) is 0 Å². The van der Waals surface area contributed by atoms with Gasteiger partial charge in [-0.25, -0.2) is 0 Å². The third kappa shape index (κ3) is 1.75. The zero-order chi connectivity index (χ0) is 11.2. The molecule has 1 aromatic rings. The normalized spacial score (nSPS) is 18.2. The van der Waals surface area contributed by atoms with E-state index in [-0.39, 0.29) is 17.2 Å². The van der Waals surface area contributed by atoms with Crippen molar-refractivity contribution in [1.29, 1.82) is 0 Å². The number of hydrogen-bond acceptors (Lipinski definition) is 2. The van der Waals surface area contributed by atoms with Crippen molar-refractivity contribution in [2.24, 2.45) is 5.41 Å². The standard InChI is InChI=1S/C11H15BrN2O/c1-7(2)14-9(8(12)6-13-14)10(15)11(3)4-5-11/h6-7H,4-5H2,1-3H3. The lowest BCUT2D eigenvalue weighted by Crippen LogP contribution is -2.19. The fraction of sp³-hybridized carbons (Fsp3) is 0.636. The lowest BCUT2D eigenvalue weighted by atomic mass is 10.0. The molecule has 1 aromatic heterocycles. The van der Waals surface area contributed by atoms with Gasteiger partial charge >= 0.3 is 0 Å². The molecule has 0 bridgehead atoms. The Hall–Kier alpha value is -0.640. The third-order valence-electron chi connectivity index (χ3n) is 3.00. The third-order valence-corrected chi connectivity index (χ3v) is 3.58. The molecular weight excluding hydrogens is 256 g/mol. The minimum absolute atomic E-state index is 0.130. The van der Waals surface area contributed by atoms with Crippen molar-refractivity contribution in [1.82, 2.24) is 9.78 Å². The summed E-state index contributed by atoms with van der Waals surface area (Å²) in [4.78, 5) is 12.2. The number of nitrogens with zero attached hydrogens (tertiary/aromatic N) is 2. The molecule has 0 aliphatic heterocycles. The zero-order valence-electron chi connectivity index (χ0n) is 9.25. The first kappa shape index (κ1) is 10.9. The van der Waals surface area contributed by atoms with E-state index in [4.69, 9.17) is 0 Å². The molecule has 1 heterocycles. The highest BCUT2D eigenvalue weighted by Gasteiger charge is 2.47. The summed E-state index contributed by atoms with van der Waals surface area (Å²) in [6.07, 6.45) is 3.71. The number of halogens is 1. The largest absolute Gasteiger partial charge is 0.292 e. The van der Waals surface area contributed by atoms with Crippen LogP contribution in [0.15, 0.2) is 10.7 Å². The van der Waals surface area contributed by atoms with E-state index in [1.165, 1.54) is 0 Å². The molecule has 1 aliphatic carbocycles. The van der Waals surface area contributed by atoms with Crippen LogP contribution in [0, 0.1) is 5.41 Å². The minimum atomic E-state index is -0.130. The van der Waals surface area contributed by atoms with Gasteiger partial charge in [-0.05, 0) is 42.6 Å². The minimum Gasteiger partial charge on any atom is -0.292 e. The van der Waals surface area contributed by atoms with E-state index in [1.54, 1.807) is 10.9 Å². The summed E-state index contributed by atoms with van der Waals surface area (Å²) < 4.78 is 2.62. The quantitative estimate of drug-likeness (QED) is 0.791. The number of Topliss-reactive ketones (excluding diaryl/α,β-unsaturated/α-hetero) is 1. The first-order valence-electron chi connectivity index (χ1n) is 5.23. The lowest BCUT2D eigenvalue weighted by Gasteiger charge is -2.13. The number of carbonyl (C=O) groups is 1. The van der Waals surface area contributed by atoms with Crippen molar-refractivity contribution in [3.05, 3.63) is 16.4 Å². The second kappa shape index (κ2) is 3.44. The second-order valence-corrected chi connectivity index (χ2v) is 5.62. The van der Waals surface area contributed by atoms with Gasteiger partial charge in [-0.1, -0.05) is 6.92 Å². The van der Waals surface area contributed by atoms with Crippen LogP contribution in [0.4, 0.5) is 0 Å². The fourth-order valence-corrected chi connectivity index (χ4v) is 2.10. The summed E-state index contributed by atoms with van der Waals surface area (Å²) in [6, 6.07) is 0.220. The van der Waals surface area contributed by atoms with Crippen molar-refractivity contribution in [3.8, 4) is 0 Å². The van der Waals surface area contributed by atoms with Gasteiger partial charge in [-0.3, -0.25) is 9.48 Å². The van der Waals surface area contributed by atoms with E-state index in [0.29, 0.717) is 0 Å². The first-order valence-corrected chi connectivity index (χ1v) is 6.03. The van der Waals surface area contributed by atoms with Crippen molar-refractivity contribution < 1.29 is 4.79 Å². The highest BCUT2D eigenvalue weighted by molar-refractivity contribution is 9.10. The SMILES string of the molecule is CC(C)n1ncc(Br)c1C(=O)C1(C)CC1. The Kier molecular flexibility index (Phi) is 2.49. The molecule has 82 valence electrons. The Balaban J connectivity index is 2.42. The van der Waals surface area contributed by atoms with Crippen LogP contribution in [-0.2, 0) is 0 Å². The Morgan fingerprint density at radius 1 is 1.60 bits per heavy atom. The van der Waals surface area contributed by atoms with E-state index >= 15 is 0 Å². The zero-order valence-corrected chi connectivity index (χ0v) is 10.8. The van der Waals surface area contributed by atoms with Crippen molar-refractivity contribution in [3.63, 3.8) is 0 Å². The van der Waals surface area contributed by atoms with E-state index in [0.717, 1.165) is 23.0 Å². The molecule has 0 spiro atoms. The van der Waals surface area contributed by atoms with E-state index < -0.39 is 0 Å². The second-order valence-electron chi connectivity index (χ2n) is 4.77. The van der Waals surface area contributed by atoms with Gasteiger partial charge in [0, 0.05) is 11.5 Å². The highest BCUT2D eigenvalue weighted by Crippen LogP contribution is 2.48. The average molecular weight is 271 g/mol. The highest BCUT2D eigenvalue weighted by atomic mass is 79.9. The Bertz CT molecular complexity index is 405. The fourth-order valence-electron chi connectivity index (χ4n) is 1.65. The van der Waals surface area contributed by atoms with E-state index in [1.807, 2.05) is 20.8 Å². The summed E-state index contributed by atoms with van der Waals surface area (Å²) in [6.45, 7) is 6.09. The summed E-state index contributed by atoms with van der Waals surface area (Å²) in [5.41, 5.74) is 0.597. The smallest absolute Gasteiger partial charge is 0.187 e. The number of carbonyl (C=O) groups excluding carboxylic acids is 1. The molecule has 0 unspecified atom stereocenters. The van der Waals surface area contributed by atoms with Crippen LogP contribution in [-0.4, -0.2) is 15.6 Å². The molecule has 1 fully saturated rings. The first-order chi connectivity index (χ1) is 6.96. The Morgan fingerprint density at radius 2 is 2.20 bits per heavy atom. The van der Waals surface area contributed by atoms with Crippen molar-refractivity contribution >= 4 is 21.7 Å². The summed E-state index contributed by atoms with van der Waals surface area (Å²) in [5, 5.41) is 4.23. The van der Waals surface area contributed by atoms with Crippen molar-refractivity contribution in [2.45, 2.75) is 39.7 Å². The Labute approximate surface area is 98.0 Å². The van der Waals surface area contributed by atoms with Crippen LogP contribution >= 0.6 is 15.9 Å². The van der Waals surface area contributed by atoms with Gasteiger partial charge < -0.3 is 0 Å². The van der Waals surface area contributed by atoms with Gasteiger partial charge in [0.05, 0.1) is 10.7 Å². The molecule has 0 saturated heterocycles. The average Bonchev–Trinajstić information content (AvgIpc) is 2.78. The predicted octanol–water partition coefficient (Wildman–Crippen LogP) is 3.21. The maximum Gasteiger partial charge on any atom is 0.187 e. The van der Waals surface area contributed by atoms with E-state index in [9.17, 15) is 4.79 Å². The van der Waals surface area contributed by atoms with E-state index in [2.05, 4.69) is 21.0 Å². The number of aromatic nitrogens is 2. The maximum atomic E-state index is 12.2. The molecule has 2 rings (SSSR count). The molecule has 0 radical (unpaired) electrons. The van der Waals surface area contributed by atoms with Gasteiger partial charge in [-0.15, -0.1) is 0 Å². The monoisotopic (exact) mass is 270 g/mol. The molecule has 0 atom stereocenters. The van der Waals surface area contributed by atoms with Gasteiger partial charge in [0.2, 0.25) is 0 Å². The summed E-state index contributed by atoms with van der Waals surface area (Å²) >= 11 is 3.40. The molecule has 1 aliphatic rings. The molecule has 15 heavy (non-hydrogen) atoms. The van der Waals surface area contributed by atoms with Crippen LogP contribution in [0.25, 0.3) is 0 Å². The molecule has 3 nitrogen and oxygen atoms in total. The molecule has 0 aromatic carbocycles. The van der Waals surface area contributed by atoms with Crippen LogP contribution in [0.5, 0.6) is 0 Å². The van der Waals surface area contributed by atoms with Crippen LogP contribution in [0.2, 0.25) is 0 Å². The van der Waals surface area contributed by atoms with Gasteiger partial charge in [0.15, 0.2) is 5.78 Å². The lowest BCUT2D eigenvalue weighted by molar-refractivity contribution is 0.0898. The van der Waals surface area contributed by atoms with Gasteiger partial charge in [0.25, 0.3) is 0 Å². The number of hydrogen-bond donors (Lipinski definition) is 0. The van der Waals surface area contributed by atoms with Crippen LogP contribution in [0.1, 0.15) is 50.1 Å². The van der Waals surface area contributed by atoms with Crippen LogP contribution < -0.4 is 0 Å². The summed E-state index contributed by atoms with van der Waals surface area (Å²) in [7, 11) is 0. The predicted molar refractivity (Wildman–Crippen MR) is 62.0 cm³/mol.